The number of thiol groups is 1. The Balaban J connectivity index is 1.82. The van der Waals surface area contributed by atoms with Crippen LogP contribution < -0.4 is 0 Å². The lowest BCUT2D eigenvalue weighted by Crippen LogP contribution is -2.38. The van der Waals surface area contributed by atoms with Gasteiger partial charge in [-0.15, -0.1) is 0 Å². The molecule has 0 spiro atoms. The van der Waals surface area contributed by atoms with Gasteiger partial charge in [-0.05, 0) is 49.7 Å². The molecule has 1 heterocycles. The van der Waals surface area contributed by atoms with E-state index in [0.29, 0.717) is 6.10 Å². The highest BCUT2D eigenvalue weighted by atomic mass is 32.1. The van der Waals surface area contributed by atoms with Crippen LogP contribution in [0.15, 0.2) is 0 Å². The van der Waals surface area contributed by atoms with E-state index in [1.54, 1.807) is 0 Å². The molecule has 0 amide bonds. The molecule has 0 aromatic rings. The summed E-state index contributed by atoms with van der Waals surface area (Å²) in [5, 5.41) is 0. The molecule has 2 nitrogen and oxygen atoms in total. The highest BCUT2D eigenvalue weighted by Crippen LogP contribution is 2.35. The van der Waals surface area contributed by atoms with Gasteiger partial charge < -0.3 is 9.47 Å². The maximum Gasteiger partial charge on any atom is 0.0580 e. The highest BCUT2D eigenvalue weighted by molar-refractivity contribution is 7.80. The zero-order valence-electron chi connectivity index (χ0n) is 11.9. The molecule has 3 heteroatoms. The summed E-state index contributed by atoms with van der Waals surface area (Å²) in [6.45, 7) is 7.34. The molecule has 0 aromatic heterocycles. The van der Waals surface area contributed by atoms with Crippen LogP contribution in [0.1, 0.15) is 46.0 Å². The van der Waals surface area contributed by atoms with Crippen molar-refractivity contribution in [3.8, 4) is 0 Å². The summed E-state index contributed by atoms with van der Waals surface area (Å²) in [7, 11) is 0. The van der Waals surface area contributed by atoms with E-state index in [0.717, 1.165) is 50.3 Å². The third kappa shape index (κ3) is 3.88. The molecular formula is C15H28O2S. The summed E-state index contributed by atoms with van der Waals surface area (Å²) in [5.74, 6) is 2.56. The topological polar surface area (TPSA) is 18.5 Å². The summed E-state index contributed by atoms with van der Waals surface area (Å²) in [6, 6.07) is 0. The normalized spacial score (nSPS) is 36.5. The fraction of sp³-hybridized carbons (Fsp3) is 1.00. The summed E-state index contributed by atoms with van der Waals surface area (Å²) in [6.07, 6.45) is 6.53. The second kappa shape index (κ2) is 6.62. The third-order valence-electron chi connectivity index (χ3n) is 4.65. The molecule has 0 bridgehead atoms. The molecule has 2 unspecified atom stereocenters. The Bertz CT molecular complexity index is 241. The first kappa shape index (κ1) is 14.7. The Hall–Kier alpha value is 0.270. The molecule has 2 fully saturated rings. The van der Waals surface area contributed by atoms with Crippen molar-refractivity contribution in [3.63, 3.8) is 0 Å². The van der Waals surface area contributed by atoms with Gasteiger partial charge in [0.25, 0.3) is 0 Å². The van der Waals surface area contributed by atoms with Crippen LogP contribution in [-0.2, 0) is 9.47 Å². The van der Waals surface area contributed by atoms with Crippen molar-refractivity contribution in [2.75, 3.05) is 25.6 Å². The lowest BCUT2D eigenvalue weighted by atomic mass is 9.80. The Morgan fingerprint density at radius 1 is 1.11 bits per heavy atom. The first-order valence-corrected chi connectivity index (χ1v) is 8.07. The van der Waals surface area contributed by atoms with E-state index in [4.69, 9.17) is 9.47 Å². The van der Waals surface area contributed by atoms with Crippen molar-refractivity contribution in [3.05, 3.63) is 0 Å². The van der Waals surface area contributed by atoms with Crippen LogP contribution in [0.5, 0.6) is 0 Å². The second-order valence-corrected chi connectivity index (χ2v) is 6.94. The monoisotopic (exact) mass is 272 g/mol. The fourth-order valence-electron chi connectivity index (χ4n) is 3.46. The third-order valence-corrected chi connectivity index (χ3v) is 5.32. The molecule has 106 valence electrons. The first-order chi connectivity index (χ1) is 8.63. The zero-order chi connectivity index (χ0) is 13.0. The fourth-order valence-corrected chi connectivity index (χ4v) is 3.86. The molecule has 2 aliphatic rings. The van der Waals surface area contributed by atoms with Crippen LogP contribution >= 0.6 is 12.6 Å². The first-order valence-electron chi connectivity index (χ1n) is 7.44. The molecular weight excluding hydrogens is 244 g/mol. The minimum absolute atomic E-state index is 0.269. The van der Waals surface area contributed by atoms with Gasteiger partial charge in [0, 0.05) is 18.6 Å². The zero-order valence-corrected chi connectivity index (χ0v) is 12.8. The number of ether oxygens (including phenoxy) is 2. The van der Waals surface area contributed by atoms with E-state index in [-0.39, 0.29) is 5.41 Å². The van der Waals surface area contributed by atoms with Crippen LogP contribution in [0.3, 0.4) is 0 Å². The van der Waals surface area contributed by atoms with Gasteiger partial charge in [-0.2, -0.15) is 12.6 Å². The van der Waals surface area contributed by atoms with Crippen LogP contribution in [0, 0.1) is 17.3 Å². The van der Waals surface area contributed by atoms with Crippen LogP contribution in [0.25, 0.3) is 0 Å². The van der Waals surface area contributed by atoms with Gasteiger partial charge in [0.05, 0.1) is 12.7 Å². The van der Waals surface area contributed by atoms with Gasteiger partial charge in [-0.3, -0.25) is 0 Å². The Morgan fingerprint density at radius 3 is 2.28 bits per heavy atom. The van der Waals surface area contributed by atoms with Gasteiger partial charge in [0.1, 0.15) is 0 Å². The van der Waals surface area contributed by atoms with E-state index in [9.17, 15) is 0 Å². The molecule has 2 rings (SSSR count). The Morgan fingerprint density at radius 2 is 1.72 bits per heavy atom. The van der Waals surface area contributed by atoms with Crippen LogP contribution in [0.2, 0.25) is 0 Å². The van der Waals surface area contributed by atoms with Gasteiger partial charge in [-0.25, -0.2) is 0 Å². The standard InChI is InChI=1S/C15H28O2S/c1-12-7-13(2)9-14(8-12)17-10-15(11-18)3-5-16-6-4-15/h12-14,18H,3-11H2,1-2H3. The van der Waals surface area contributed by atoms with E-state index >= 15 is 0 Å². The van der Waals surface area contributed by atoms with Crippen LogP contribution in [0.4, 0.5) is 0 Å². The van der Waals surface area contributed by atoms with Gasteiger partial charge in [0.15, 0.2) is 0 Å². The van der Waals surface area contributed by atoms with Crippen molar-refractivity contribution in [1.82, 2.24) is 0 Å². The minimum Gasteiger partial charge on any atom is -0.381 e. The lowest BCUT2D eigenvalue weighted by Gasteiger charge is -2.38. The molecule has 1 saturated heterocycles. The van der Waals surface area contributed by atoms with Crippen molar-refractivity contribution in [1.29, 1.82) is 0 Å². The van der Waals surface area contributed by atoms with Crippen molar-refractivity contribution in [2.24, 2.45) is 17.3 Å². The quantitative estimate of drug-likeness (QED) is 0.789. The molecule has 0 aromatic carbocycles. The number of rotatable bonds is 4. The highest BCUT2D eigenvalue weighted by Gasteiger charge is 2.33. The Kier molecular flexibility index (Phi) is 5.40. The average Bonchev–Trinajstić information content (AvgIpc) is 2.36. The van der Waals surface area contributed by atoms with Gasteiger partial charge in [-0.1, -0.05) is 13.8 Å². The van der Waals surface area contributed by atoms with Gasteiger partial charge in [0.2, 0.25) is 0 Å². The summed E-state index contributed by atoms with van der Waals surface area (Å²) >= 11 is 4.55. The molecule has 0 radical (unpaired) electrons. The van der Waals surface area contributed by atoms with E-state index in [2.05, 4.69) is 26.5 Å². The second-order valence-electron chi connectivity index (χ2n) is 6.62. The maximum atomic E-state index is 6.25. The largest absolute Gasteiger partial charge is 0.381 e. The van der Waals surface area contributed by atoms with Gasteiger partial charge >= 0.3 is 0 Å². The maximum absolute atomic E-state index is 6.25. The van der Waals surface area contributed by atoms with Crippen molar-refractivity contribution >= 4 is 12.6 Å². The molecule has 1 aliphatic heterocycles. The molecule has 1 aliphatic carbocycles. The molecule has 0 N–H and O–H groups in total. The molecule has 2 atom stereocenters. The predicted molar refractivity (Wildman–Crippen MR) is 78.3 cm³/mol. The van der Waals surface area contributed by atoms with E-state index in [1.165, 1.54) is 19.3 Å². The number of hydrogen-bond acceptors (Lipinski definition) is 3. The lowest BCUT2D eigenvalue weighted by molar-refractivity contribution is -0.0707. The van der Waals surface area contributed by atoms with Crippen molar-refractivity contribution < 1.29 is 9.47 Å². The predicted octanol–water partition coefficient (Wildman–Crippen LogP) is 3.55. The summed E-state index contributed by atoms with van der Waals surface area (Å²) < 4.78 is 11.7. The number of hydrogen-bond donors (Lipinski definition) is 1. The van der Waals surface area contributed by atoms with Crippen molar-refractivity contribution in [2.45, 2.75) is 52.1 Å². The molecule has 1 saturated carbocycles. The average molecular weight is 272 g/mol. The van der Waals surface area contributed by atoms with Crippen LogP contribution in [-0.4, -0.2) is 31.7 Å². The summed E-state index contributed by atoms with van der Waals surface area (Å²) in [4.78, 5) is 0. The summed E-state index contributed by atoms with van der Waals surface area (Å²) in [5.41, 5.74) is 0.269. The minimum atomic E-state index is 0.269. The SMILES string of the molecule is CC1CC(C)CC(OCC2(CS)CCOCC2)C1. The molecule has 18 heavy (non-hydrogen) atoms. The van der Waals surface area contributed by atoms with E-state index in [1.807, 2.05) is 0 Å². The Labute approximate surface area is 117 Å². The van der Waals surface area contributed by atoms with E-state index < -0.39 is 0 Å². The smallest absolute Gasteiger partial charge is 0.0580 e.